The van der Waals surface area contributed by atoms with Crippen molar-refractivity contribution in [1.82, 2.24) is 10.3 Å². The number of aromatic nitrogens is 1. The molecule has 184 valence electrons. The molecule has 0 saturated carbocycles. The van der Waals surface area contributed by atoms with Gasteiger partial charge in [-0.2, -0.15) is 0 Å². The summed E-state index contributed by atoms with van der Waals surface area (Å²) in [7, 11) is 1.57. The number of nitrogens with zero attached hydrogens (tertiary/aromatic N) is 3. The highest BCUT2D eigenvalue weighted by Gasteiger charge is 2.34. The lowest BCUT2D eigenvalue weighted by atomic mass is 10.0. The van der Waals surface area contributed by atoms with Crippen LogP contribution in [0.3, 0.4) is 0 Å². The average Bonchev–Trinajstić information content (AvgIpc) is 3.35. The minimum absolute atomic E-state index is 0.0614. The zero-order valence-electron chi connectivity index (χ0n) is 18.9. The van der Waals surface area contributed by atoms with Crippen molar-refractivity contribution in [3.63, 3.8) is 0 Å². The van der Waals surface area contributed by atoms with E-state index in [0.29, 0.717) is 35.8 Å². The highest BCUT2D eigenvalue weighted by molar-refractivity contribution is 6.02. The number of ether oxygens (including phenoxy) is 2. The van der Waals surface area contributed by atoms with Crippen LogP contribution in [0.25, 0.3) is 0 Å². The fourth-order valence-corrected chi connectivity index (χ4v) is 4.46. The van der Waals surface area contributed by atoms with Gasteiger partial charge >= 0.3 is 6.09 Å². The number of benzene rings is 1. The van der Waals surface area contributed by atoms with Gasteiger partial charge in [-0.25, -0.2) is 14.2 Å². The summed E-state index contributed by atoms with van der Waals surface area (Å²) in [6, 6.07) is 6.07. The predicted molar refractivity (Wildman–Crippen MR) is 122 cm³/mol. The number of nitrogens with one attached hydrogen (secondary N) is 2. The van der Waals surface area contributed by atoms with E-state index in [2.05, 4.69) is 15.6 Å². The third-order valence-corrected chi connectivity index (χ3v) is 6.22. The van der Waals surface area contributed by atoms with Gasteiger partial charge in [0, 0.05) is 19.2 Å². The van der Waals surface area contributed by atoms with E-state index < -0.39 is 24.1 Å². The standard InChI is InChI=1S/C23H24FN5O6/c1-28-19(32)8-12-2-3-14(24)20(21(12)28)15(30)9-25-7-6-13-10-29(23(33)35-13)17-5-4-16-22(26-17)27-18(31)11-34-16/h2-5,13,15,25,30H,6-11H2,1H3,(H,26,27,31). The second-order valence-electron chi connectivity index (χ2n) is 8.58. The molecule has 2 atom stereocenters. The van der Waals surface area contributed by atoms with E-state index in [-0.39, 0.29) is 49.3 Å². The number of likely N-dealkylation sites (N-methyl/N-ethyl adjacent to an activating group) is 1. The van der Waals surface area contributed by atoms with Crippen LogP contribution in [0.2, 0.25) is 0 Å². The molecule has 3 aliphatic heterocycles. The molecule has 2 aromatic rings. The molecule has 1 saturated heterocycles. The van der Waals surface area contributed by atoms with Crippen LogP contribution >= 0.6 is 0 Å². The summed E-state index contributed by atoms with van der Waals surface area (Å²) in [4.78, 5) is 42.9. The highest BCUT2D eigenvalue weighted by atomic mass is 19.1. The molecule has 0 spiro atoms. The van der Waals surface area contributed by atoms with Gasteiger partial charge in [-0.15, -0.1) is 0 Å². The molecule has 2 unspecified atom stereocenters. The minimum atomic E-state index is -1.15. The molecule has 5 rings (SSSR count). The van der Waals surface area contributed by atoms with E-state index in [1.807, 2.05) is 0 Å². The first-order valence-electron chi connectivity index (χ1n) is 11.2. The molecule has 1 aromatic carbocycles. The number of aliphatic hydroxyl groups excluding tert-OH is 1. The summed E-state index contributed by atoms with van der Waals surface area (Å²) >= 11 is 0. The van der Waals surface area contributed by atoms with Crippen molar-refractivity contribution < 1.29 is 33.4 Å². The van der Waals surface area contributed by atoms with Crippen molar-refractivity contribution >= 4 is 35.2 Å². The molecule has 3 N–H and O–H groups in total. The van der Waals surface area contributed by atoms with Crippen LogP contribution in [0.5, 0.6) is 5.75 Å². The quantitative estimate of drug-likeness (QED) is 0.497. The second-order valence-corrected chi connectivity index (χ2v) is 8.58. The summed E-state index contributed by atoms with van der Waals surface area (Å²) in [6.45, 7) is 0.636. The lowest BCUT2D eigenvalue weighted by Crippen LogP contribution is -2.30. The first-order chi connectivity index (χ1) is 16.8. The lowest BCUT2D eigenvalue weighted by Gasteiger charge is -2.21. The molecular weight excluding hydrogens is 461 g/mol. The number of fused-ring (bicyclic) bond motifs is 2. The number of amides is 3. The topological polar surface area (TPSA) is 133 Å². The Kier molecular flexibility index (Phi) is 5.99. The largest absolute Gasteiger partial charge is 0.480 e. The first kappa shape index (κ1) is 23.0. The molecule has 3 amide bonds. The van der Waals surface area contributed by atoms with Gasteiger partial charge in [0.1, 0.15) is 17.7 Å². The summed E-state index contributed by atoms with van der Waals surface area (Å²) in [6.07, 6.45) is -1.50. The van der Waals surface area contributed by atoms with Crippen LogP contribution in [0.15, 0.2) is 24.3 Å². The Morgan fingerprint density at radius 3 is 2.94 bits per heavy atom. The molecule has 3 aliphatic rings. The van der Waals surface area contributed by atoms with Gasteiger partial charge in [-0.3, -0.25) is 14.5 Å². The number of rotatable bonds is 7. The maximum Gasteiger partial charge on any atom is 0.415 e. The number of hydrogen-bond acceptors (Lipinski definition) is 8. The van der Waals surface area contributed by atoms with Crippen molar-refractivity contribution in [2.75, 3.05) is 48.4 Å². The van der Waals surface area contributed by atoms with Crippen molar-refractivity contribution in [3.8, 4) is 5.75 Å². The maximum absolute atomic E-state index is 14.5. The molecule has 0 bridgehead atoms. The van der Waals surface area contributed by atoms with Crippen LogP contribution in [0, 0.1) is 5.82 Å². The predicted octanol–water partition coefficient (Wildman–Crippen LogP) is 1.11. The number of pyridine rings is 1. The third-order valence-electron chi connectivity index (χ3n) is 6.22. The van der Waals surface area contributed by atoms with E-state index in [1.54, 1.807) is 25.2 Å². The number of anilines is 3. The SMILES string of the molecule is CN1C(=O)Cc2ccc(F)c(C(O)CNCCC3CN(c4ccc5c(n4)NC(=O)CO5)C(=O)O3)c21. The second kappa shape index (κ2) is 9.12. The Hall–Kier alpha value is -3.77. The molecule has 11 nitrogen and oxygen atoms in total. The lowest BCUT2D eigenvalue weighted by molar-refractivity contribution is -0.119. The van der Waals surface area contributed by atoms with E-state index in [9.17, 15) is 23.9 Å². The van der Waals surface area contributed by atoms with Crippen LogP contribution in [-0.2, 0) is 20.7 Å². The van der Waals surface area contributed by atoms with Gasteiger partial charge in [0.15, 0.2) is 18.2 Å². The van der Waals surface area contributed by atoms with E-state index in [1.165, 1.54) is 15.9 Å². The number of aliphatic hydroxyl groups is 1. The molecule has 4 heterocycles. The Balaban J connectivity index is 1.15. The molecule has 1 aromatic heterocycles. The number of halogens is 1. The van der Waals surface area contributed by atoms with Crippen molar-refractivity contribution in [2.24, 2.45) is 0 Å². The average molecular weight is 485 g/mol. The zero-order valence-corrected chi connectivity index (χ0v) is 18.9. The minimum Gasteiger partial charge on any atom is -0.480 e. The Labute approximate surface area is 199 Å². The van der Waals surface area contributed by atoms with Crippen LogP contribution in [0.4, 0.5) is 26.5 Å². The molecule has 0 aliphatic carbocycles. The number of carbonyl (C=O) groups is 3. The zero-order chi connectivity index (χ0) is 24.7. The number of carbonyl (C=O) groups excluding carboxylic acids is 3. The Morgan fingerprint density at radius 1 is 1.29 bits per heavy atom. The fraction of sp³-hybridized carbons (Fsp3) is 0.391. The van der Waals surface area contributed by atoms with E-state index in [0.717, 1.165) is 0 Å². The summed E-state index contributed by atoms with van der Waals surface area (Å²) in [5.41, 5.74) is 1.20. The van der Waals surface area contributed by atoms with Gasteiger partial charge < -0.3 is 30.1 Å². The maximum atomic E-state index is 14.5. The number of cyclic esters (lactones) is 1. The van der Waals surface area contributed by atoms with Gasteiger partial charge in [-0.05, 0) is 36.7 Å². The van der Waals surface area contributed by atoms with Crippen LogP contribution < -0.4 is 25.2 Å². The van der Waals surface area contributed by atoms with Crippen LogP contribution in [-0.4, -0.2) is 67.4 Å². The molecular formula is C23H24FN5O6. The van der Waals surface area contributed by atoms with Crippen molar-refractivity contribution in [1.29, 1.82) is 0 Å². The van der Waals surface area contributed by atoms with Crippen molar-refractivity contribution in [3.05, 3.63) is 41.2 Å². The van der Waals surface area contributed by atoms with Gasteiger partial charge in [-0.1, -0.05) is 6.07 Å². The highest BCUT2D eigenvalue weighted by Crippen LogP contribution is 2.36. The summed E-state index contributed by atoms with van der Waals surface area (Å²) in [5, 5.41) is 16.3. The molecule has 35 heavy (non-hydrogen) atoms. The molecule has 0 radical (unpaired) electrons. The monoisotopic (exact) mass is 485 g/mol. The van der Waals surface area contributed by atoms with Crippen molar-refractivity contribution in [2.45, 2.75) is 25.0 Å². The van der Waals surface area contributed by atoms with Crippen LogP contribution in [0.1, 0.15) is 23.7 Å². The fourth-order valence-electron chi connectivity index (χ4n) is 4.46. The first-order valence-corrected chi connectivity index (χ1v) is 11.2. The molecule has 1 fully saturated rings. The number of hydrogen-bond donors (Lipinski definition) is 3. The van der Waals surface area contributed by atoms with Gasteiger partial charge in [0.05, 0.1) is 24.8 Å². The normalized spacial score (nSPS) is 19.7. The van der Waals surface area contributed by atoms with Gasteiger partial charge in [0.2, 0.25) is 5.91 Å². The summed E-state index contributed by atoms with van der Waals surface area (Å²) < 4.78 is 25.2. The third kappa shape index (κ3) is 4.37. The Bertz CT molecular complexity index is 1210. The smallest absolute Gasteiger partial charge is 0.415 e. The molecule has 12 heteroatoms. The Morgan fingerprint density at radius 2 is 2.11 bits per heavy atom. The van der Waals surface area contributed by atoms with Gasteiger partial charge in [0.25, 0.3) is 5.91 Å². The van der Waals surface area contributed by atoms with E-state index >= 15 is 0 Å². The summed E-state index contributed by atoms with van der Waals surface area (Å²) in [5.74, 6) is -0.0377. The van der Waals surface area contributed by atoms with E-state index in [4.69, 9.17) is 9.47 Å².